The maximum absolute atomic E-state index is 13.7. The number of rotatable bonds is 5. The van der Waals surface area contributed by atoms with Crippen LogP contribution in [0.1, 0.15) is 11.1 Å². The largest absolute Gasteiger partial charge is 0.540 e. The Balaban J connectivity index is 1.60. The van der Waals surface area contributed by atoms with Crippen LogP contribution >= 0.6 is 0 Å². The van der Waals surface area contributed by atoms with E-state index in [1.54, 1.807) is 0 Å². The van der Waals surface area contributed by atoms with Crippen molar-refractivity contribution in [3.63, 3.8) is 0 Å². The third kappa shape index (κ3) is 5.22. The molecule has 29 heavy (non-hydrogen) atoms. The van der Waals surface area contributed by atoms with Crippen LogP contribution in [-0.2, 0) is 17.4 Å². The fourth-order valence-corrected chi connectivity index (χ4v) is 2.42. The third-order valence-electron chi connectivity index (χ3n) is 3.63. The van der Waals surface area contributed by atoms with E-state index >= 15 is 0 Å². The van der Waals surface area contributed by atoms with Crippen LogP contribution in [0.2, 0.25) is 0 Å². The summed E-state index contributed by atoms with van der Waals surface area (Å²) in [5.41, 5.74) is -0.558. The fraction of sp³-hybridized carbons (Fsp3) is 0.235. The lowest BCUT2D eigenvalue weighted by Crippen LogP contribution is -2.41. The molecule has 0 spiro atoms. The van der Waals surface area contributed by atoms with E-state index in [-0.39, 0.29) is 18.0 Å². The molecule has 0 radical (unpaired) electrons. The Morgan fingerprint density at radius 3 is 2.41 bits per heavy atom. The second kappa shape index (κ2) is 7.70. The molecule has 2 aromatic rings. The molecule has 12 heteroatoms. The van der Waals surface area contributed by atoms with Gasteiger partial charge >= 0.3 is 25.0 Å². The predicted octanol–water partition coefficient (Wildman–Crippen LogP) is 4.62. The fourth-order valence-electron chi connectivity index (χ4n) is 2.42. The highest BCUT2D eigenvalue weighted by atomic mass is 19.3. The van der Waals surface area contributed by atoms with E-state index in [4.69, 9.17) is 0 Å². The van der Waals surface area contributed by atoms with Gasteiger partial charge in [0.25, 0.3) is 0 Å². The Labute approximate surface area is 159 Å². The third-order valence-corrected chi connectivity index (χ3v) is 3.63. The molecule has 156 valence electrons. The Hall–Kier alpha value is -3.15. The Bertz CT molecular complexity index is 892. The molecular weight excluding hydrogens is 410 g/mol. The summed E-state index contributed by atoms with van der Waals surface area (Å²) in [5, 5.41) is 4.66. The second-order valence-corrected chi connectivity index (χ2v) is 5.73. The van der Waals surface area contributed by atoms with E-state index in [0.717, 1.165) is 18.2 Å². The van der Waals surface area contributed by atoms with Crippen molar-refractivity contribution in [2.45, 2.75) is 25.6 Å². The van der Waals surface area contributed by atoms with E-state index in [2.05, 4.69) is 24.8 Å². The number of hydrogen-bond donors (Lipinski definition) is 2. The quantitative estimate of drug-likeness (QED) is 0.691. The molecule has 1 aliphatic heterocycles. The molecule has 0 fully saturated rings. The minimum absolute atomic E-state index is 0.0136. The zero-order valence-corrected chi connectivity index (χ0v) is 14.2. The van der Waals surface area contributed by atoms with Gasteiger partial charge in [-0.25, -0.2) is 9.53 Å². The number of urea groups is 1. The average Bonchev–Trinajstić information content (AvgIpc) is 2.60. The van der Waals surface area contributed by atoms with E-state index in [1.807, 2.05) is 0 Å². The van der Waals surface area contributed by atoms with Gasteiger partial charge in [-0.3, -0.25) is 0 Å². The zero-order valence-electron chi connectivity index (χ0n) is 14.2. The number of carbonyl (C=O) groups excluding carboxylic acids is 1. The summed E-state index contributed by atoms with van der Waals surface area (Å²) in [4.78, 5) is 11.9. The molecule has 2 aromatic carbocycles. The van der Waals surface area contributed by atoms with Crippen LogP contribution in [-0.4, -0.2) is 18.9 Å². The molecule has 0 aromatic heterocycles. The van der Waals surface area contributed by atoms with E-state index in [0.29, 0.717) is 5.56 Å². The van der Waals surface area contributed by atoms with Crippen LogP contribution in [0.3, 0.4) is 0 Å². The first-order valence-corrected chi connectivity index (χ1v) is 7.92. The van der Waals surface area contributed by atoms with Gasteiger partial charge in [-0.05, 0) is 35.9 Å². The Morgan fingerprint density at radius 2 is 1.76 bits per heavy atom. The van der Waals surface area contributed by atoms with Gasteiger partial charge in [0.1, 0.15) is 11.5 Å². The molecule has 0 unspecified atom stereocenters. The normalized spacial score (nSPS) is 16.5. The van der Waals surface area contributed by atoms with Crippen LogP contribution < -0.4 is 20.1 Å². The molecule has 2 amide bonds. The lowest BCUT2D eigenvalue weighted by molar-refractivity contribution is -0.461. The molecule has 0 saturated carbocycles. The molecule has 0 aliphatic carbocycles. The number of amides is 2. The minimum atomic E-state index is -4.49. The summed E-state index contributed by atoms with van der Waals surface area (Å²) in [6, 6.07) is 7.32. The number of benzene rings is 2. The van der Waals surface area contributed by atoms with Crippen molar-refractivity contribution in [2.75, 3.05) is 5.32 Å². The van der Waals surface area contributed by atoms with Crippen LogP contribution in [0.5, 0.6) is 11.5 Å². The van der Waals surface area contributed by atoms with Crippen molar-refractivity contribution in [1.82, 2.24) is 5.32 Å². The van der Waals surface area contributed by atoms with Gasteiger partial charge < -0.3 is 20.1 Å². The number of anilines is 1. The number of hydrogen-bond acceptors (Lipinski definition) is 4. The van der Waals surface area contributed by atoms with E-state index < -0.39 is 36.4 Å². The van der Waals surface area contributed by atoms with Crippen LogP contribution in [0.15, 0.2) is 42.5 Å². The van der Waals surface area contributed by atoms with Gasteiger partial charge in [0.15, 0.2) is 0 Å². The lowest BCUT2D eigenvalue weighted by atomic mass is 10.1. The van der Waals surface area contributed by atoms with Crippen molar-refractivity contribution in [3.05, 3.63) is 53.6 Å². The summed E-state index contributed by atoms with van der Waals surface area (Å²) in [5.74, 6) is -0.846. The van der Waals surface area contributed by atoms with Crippen molar-refractivity contribution in [3.8, 4) is 11.5 Å². The SMILES string of the molecule is O=C(NCc1ccc(OC(F)F)cc1)Nc1ccc2c(c1)C(F)(F)OC(F)(F)O2. The first-order chi connectivity index (χ1) is 13.5. The lowest BCUT2D eigenvalue weighted by Gasteiger charge is -2.30. The van der Waals surface area contributed by atoms with Crippen LogP contribution in [0.25, 0.3) is 0 Å². The number of alkyl halides is 6. The van der Waals surface area contributed by atoms with Crippen molar-refractivity contribution < 1.29 is 45.3 Å². The number of carbonyl (C=O) groups is 1. The highest BCUT2D eigenvalue weighted by molar-refractivity contribution is 5.89. The summed E-state index contributed by atoms with van der Waals surface area (Å²) in [7, 11) is 0. The van der Waals surface area contributed by atoms with E-state index in [1.165, 1.54) is 24.3 Å². The van der Waals surface area contributed by atoms with Crippen molar-refractivity contribution >= 4 is 11.7 Å². The minimum Gasteiger partial charge on any atom is -0.435 e. The highest BCUT2D eigenvalue weighted by Crippen LogP contribution is 2.46. The molecule has 3 rings (SSSR count). The monoisotopic (exact) mass is 422 g/mol. The molecule has 2 N–H and O–H groups in total. The molecule has 6 nitrogen and oxygen atoms in total. The summed E-state index contributed by atoms with van der Waals surface area (Å²) >= 11 is 0. The molecule has 1 heterocycles. The number of ether oxygens (including phenoxy) is 3. The molecule has 0 saturated heterocycles. The number of fused-ring (bicyclic) bond motifs is 1. The summed E-state index contributed by atoms with van der Waals surface area (Å²) in [6.45, 7) is -2.98. The average molecular weight is 422 g/mol. The highest BCUT2D eigenvalue weighted by Gasteiger charge is 2.54. The first-order valence-electron chi connectivity index (χ1n) is 7.92. The molecule has 1 aliphatic rings. The topological polar surface area (TPSA) is 68.8 Å². The molecule has 0 atom stereocenters. The van der Waals surface area contributed by atoms with Gasteiger partial charge in [-0.1, -0.05) is 12.1 Å². The van der Waals surface area contributed by atoms with Gasteiger partial charge in [0, 0.05) is 12.2 Å². The molecular formula is C17H12F6N2O4. The standard InChI is InChI=1S/C17H12F6N2O4/c18-14(19)27-11-4-1-9(2-5-11)8-24-15(26)25-10-3-6-13-12(7-10)16(20,21)29-17(22,23)28-13/h1-7,14H,8H2,(H2,24,25,26). The van der Waals surface area contributed by atoms with Crippen molar-refractivity contribution in [1.29, 1.82) is 0 Å². The van der Waals surface area contributed by atoms with E-state index in [9.17, 15) is 31.1 Å². The van der Waals surface area contributed by atoms with Gasteiger partial charge in [0.2, 0.25) is 0 Å². The predicted molar refractivity (Wildman–Crippen MR) is 85.9 cm³/mol. The zero-order chi connectivity index (χ0) is 21.2. The maximum Gasteiger partial charge on any atom is 0.540 e. The van der Waals surface area contributed by atoms with Gasteiger partial charge in [0.05, 0.1) is 5.56 Å². The smallest absolute Gasteiger partial charge is 0.435 e. The second-order valence-electron chi connectivity index (χ2n) is 5.73. The van der Waals surface area contributed by atoms with Gasteiger partial charge in [-0.15, -0.1) is 8.78 Å². The molecule has 0 bridgehead atoms. The summed E-state index contributed by atoms with van der Waals surface area (Å²) < 4.78 is 89.1. The first kappa shape index (κ1) is 20.6. The van der Waals surface area contributed by atoms with Crippen molar-refractivity contribution in [2.24, 2.45) is 0 Å². The Kier molecular flexibility index (Phi) is 5.46. The summed E-state index contributed by atoms with van der Waals surface area (Å²) in [6.07, 6.45) is -8.81. The van der Waals surface area contributed by atoms with Crippen LogP contribution in [0.4, 0.5) is 36.8 Å². The Morgan fingerprint density at radius 1 is 1.07 bits per heavy atom. The maximum atomic E-state index is 13.7. The number of halogens is 6. The number of nitrogens with one attached hydrogen (secondary N) is 2. The van der Waals surface area contributed by atoms with Gasteiger partial charge in [-0.2, -0.15) is 17.6 Å². The van der Waals surface area contributed by atoms with Crippen LogP contribution in [0, 0.1) is 0 Å².